The number of halogens is 1. The Bertz CT molecular complexity index is 635. The molecule has 0 bridgehead atoms. The molecule has 1 saturated heterocycles. The van der Waals surface area contributed by atoms with Crippen LogP contribution in [-0.2, 0) is 0 Å². The van der Waals surface area contributed by atoms with Crippen LogP contribution in [0.15, 0.2) is 36.9 Å². The van der Waals surface area contributed by atoms with Crippen molar-refractivity contribution in [2.75, 3.05) is 13.1 Å². The van der Waals surface area contributed by atoms with Crippen LogP contribution < -0.4 is 5.32 Å². The van der Waals surface area contributed by atoms with Gasteiger partial charge in [-0.1, -0.05) is 12.1 Å². The molecule has 2 heterocycles. The highest BCUT2D eigenvalue weighted by atomic mass is 19.1. The Balaban J connectivity index is 1.52. The maximum Gasteiger partial charge on any atom is 0.317 e. The van der Waals surface area contributed by atoms with E-state index in [1.165, 1.54) is 18.5 Å². The zero-order valence-corrected chi connectivity index (χ0v) is 13.0. The second-order valence-electron chi connectivity index (χ2n) is 5.82. The van der Waals surface area contributed by atoms with Crippen molar-refractivity contribution in [3.63, 3.8) is 0 Å². The average molecular weight is 317 g/mol. The first-order valence-corrected chi connectivity index (χ1v) is 7.78. The number of nitrogens with zero attached hydrogens (tertiary/aromatic N) is 4. The van der Waals surface area contributed by atoms with Crippen molar-refractivity contribution >= 4 is 6.03 Å². The van der Waals surface area contributed by atoms with Gasteiger partial charge in [0.25, 0.3) is 0 Å². The first-order valence-electron chi connectivity index (χ1n) is 7.78. The van der Waals surface area contributed by atoms with Crippen LogP contribution in [0.1, 0.15) is 37.4 Å². The molecule has 2 amide bonds. The molecule has 23 heavy (non-hydrogen) atoms. The highest BCUT2D eigenvalue weighted by molar-refractivity contribution is 5.74. The van der Waals surface area contributed by atoms with Crippen molar-refractivity contribution in [1.82, 2.24) is 25.0 Å². The molecular weight excluding hydrogens is 297 g/mol. The van der Waals surface area contributed by atoms with Crippen LogP contribution in [0.25, 0.3) is 0 Å². The van der Waals surface area contributed by atoms with Crippen LogP contribution in [-0.4, -0.2) is 38.8 Å². The molecule has 1 N–H and O–H groups in total. The molecule has 0 saturated carbocycles. The number of rotatable bonds is 3. The van der Waals surface area contributed by atoms with Crippen molar-refractivity contribution < 1.29 is 9.18 Å². The van der Waals surface area contributed by atoms with Crippen molar-refractivity contribution in [3.05, 3.63) is 48.3 Å². The van der Waals surface area contributed by atoms with E-state index < -0.39 is 0 Å². The van der Waals surface area contributed by atoms with Crippen molar-refractivity contribution in [3.8, 4) is 0 Å². The smallest absolute Gasteiger partial charge is 0.317 e. The number of aromatic nitrogens is 3. The Labute approximate surface area is 134 Å². The minimum atomic E-state index is -0.275. The quantitative estimate of drug-likeness (QED) is 0.946. The molecule has 1 aromatic heterocycles. The lowest BCUT2D eigenvalue weighted by Gasteiger charge is -2.32. The molecule has 1 aliphatic rings. The molecule has 0 spiro atoms. The van der Waals surface area contributed by atoms with E-state index in [9.17, 15) is 9.18 Å². The summed E-state index contributed by atoms with van der Waals surface area (Å²) in [5, 5.41) is 7.13. The number of nitrogens with one attached hydrogen (secondary N) is 1. The predicted molar refractivity (Wildman–Crippen MR) is 83.2 cm³/mol. The monoisotopic (exact) mass is 317 g/mol. The molecule has 1 fully saturated rings. The van der Waals surface area contributed by atoms with Crippen LogP contribution in [0.3, 0.4) is 0 Å². The Morgan fingerprint density at radius 2 is 2.00 bits per heavy atom. The van der Waals surface area contributed by atoms with Crippen molar-refractivity contribution in [2.24, 2.45) is 0 Å². The van der Waals surface area contributed by atoms with Gasteiger partial charge in [-0.05, 0) is 37.5 Å². The summed E-state index contributed by atoms with van der Waals surface area (Å²) in [6, 6.07) is 6.25. The Kier molecular flexibility index (Phi) is 4.55. The predicted octanol–water partition coefficient (Wildman–Crippen LogP) is 2.52. The number of carbonyl (C=O) groups is 1. The minimum absolute atomic E-state index is 0.0844. The first kappa shape index (κ1) is 15.5. The van der Waals surface area contributed by atoms with Gasteiger partial charge < -0.3 is 10.2 Å². The molecule has 7 heteroatoms. The van der Waals surface area contributed by atoms with Crippen molar-refractivity contribution in [1.29, 1.82) is 0 Å². The molecule has 6 nitrogen and oxygen atoms in total. The number of benzene rings is 1. The number of piperidine rings is 1. The fourth-order valence-electron chi connectivity index (χ4n) is 2.85. The van der Waals surface area contributed by atoms with E-state index in [1.807, 2.05) is 16.5 Å². The molecular formula is C16H20FN5O. The summed E-state index contributed by atoms with van der Waals surface area (Å²) >= 11 is 0. The molecule has 3 rings (SSSR count). The van der Waals surface area contributed by atoms with E-state index in [2.05, 4.69) is 15.4 Å². The summed E-state index contributed by atoms with van der Waals surface area (Å²) in [5.41, 5.74) is 0.886. The van der Waals surface area contributed by atoms with Gasteiger partial charge in [-0.2, -0.15) is 5.10 Å². The second kappa shape index (κ2) is 6.76. The SMILES string of the molecule is C[C@@H](NC(=O)N1CCC(n2cncn2)CC1)c1ccc(F)cc1. The lowest BCUT2D eigenvalue weighted by atomic mass is 10.1. The normalized spacial score (nSPS) is 17.0. The average Bonchev–Trinajstić information content (AvgIpc) is 3.10. The highest BCUT2D eigenvalue weighted by Gasteiger charge is 2.25. The van der Waals surface area contributed by atoms with Gasteiger partial charge in [0.05, 0.1) is 12.1 Å². The number of amides is 2. The number of carbonyl (C=O) groups excluding carboxylic acids is 1. The summed E-state index contributed by atoms with van der Waals surface area (Å²) in [7, 11) is 0. The summed E-state index contributed by atoms with van der Waals surface area (Å²) < 4.78 is 14.8. The number of likely N-dealkylation sites (tertiary alicyclic amines) is 1. The third kappa shape index (κ3) is 3.67. The lowest BCUT2D eigenvalue weighted by molar-refractivity contribution is 0.166. The summed E-state index contributed by atoms with van der Waals surface area (Å²) in [6.45, 7) is 3.27. The van der Waals surface area contributed by atoms with Crippen molar-refractivity contribution in [2.45, 2.75) is 31.8 Å². The molecule has 1 aromatic carbocycles. The largest absolute Gasteiger partial charge is 0.331 e. The lowest BCUT2D eigenvalue weighted by Crippen LogP contribution is -2.45. The molecule has 0 radical (unpaired) electrons. The van der Waals surface area contributed by atoms with Gasteiger partial charge in [0.2, 0.25) is 0 Å². The van der Waals surface area contributed by atoms with Gasteiger partial charge in [-0.3, -0.25) is 0 Å². The van der Waals surface area contributed by atoms with E-state index in [-0.39, 0.29) is 17.9 Å². The van der Waals surface area contributed by atoms with Crippen LogP contribution in [0.4, 0.5) is 9.18 Å². The minimum Gasteiger partial charge on any atom is -0.331 e. The van der Waals surface area contributed by atoms with Gasteiger partial charge in [0.1, 0.15) is 18.5 Å². The first-order chi connectivity index (χ1) is 11.1. The fraction of sp³-hybridized carbons (Fsp3) is 0.438. The molecule has 2 aromatic rings. The standard InChI is InChI=1S/C16H20FN5O/c1-12(13-2-4-14(17)5-3-13)20-16(23)21-8-6-15(7-9-21)22-11-18-10-19-22/h2-5,10-12,15H,6-9H2,1H3,(H,20,23)/t12-/m1/s1. The Morgan fingerprint density at radius 3 is 2.61 bits per heavy atom. The number of hydrogen-bond donors (Lipinski definition) is 1. The van der Waals surface area contributed by atoms with Crippen LogP contribution in [0.2, 0.25) is 0 Å². The molecule has 0 unspecified atom stereocenters. The zero-order valence-electron chi connectivity index (χ0n) is 13.0. The van der Waals surface area contributed by atoms with Gasteiger partial charge in [0.15, 0.2) is 0 Å². The summed E-state index contributed by atoms with van der Waals surface area (Å²) in [6.07, 6.45) is 4.98. The Morgan fingerprint density at radius 1 is 1.30 bits per heavy atom. The molecule has 0 aliphatic carbocycles. The van der Waals surface area contributed by atoms with Crippen LogP contribution >= 0.6 is 0 Å². The van der Waals surface area contributed by atoms with E-state index in [0.29, 0.717) is 19.1 Å². The topological polar surface area (TPSA) is 63.1 Å². The number of hydrogen-bond acceptors (Lipinski definition) is 3. The third-order valence-corrected chi connectivity index (χ3v) is 4.27. The maximum atomic E-state index is 12.9. The van der Waals surface area contributed by atoms with Gasteiger partial charge >= 0.3 is 6.03 Å². The van der Waals surface area contributed by atoms with E-state index in [4.69, 9.17) is 0 Å². The highest BCUT2D eigenvalue weighted by Crippen LogP contribution is 2.21. The second-order valence-corrected chi connectivity index (χ2v) is 5.82. The van der Waals surface area contributed by atoms with Gasteiger partial charge in [-0.15, -0.1) is 0 Å². The van der Waals surface area contributed by atoms with Crippen LogP contribution in [0.5, 0.6) is 0 Å². The molecule has 122 valence electrons. The van der Waals surface area contributed by atoms with Gasteiger partial charge in [0, 0.05) is 13.1 Å². The van der Waals surface area contributed by atoms with Gasteiger partial charge in [-0.25, -0.2) is 18.9 Å². The van der Waals surface area contributed by atoms with E-state index in [0.717, 1.165) is 18.4 Å². The fourth-order valence-corrected chi connectivity index (χ4v) is 2.85. The number of urea groups is 1. The summed E-state index contributed by atoms with van der Waals surface area (Å²) in [5.74, 6) is -0.275. The van der Waals surface area contributed by atoms with Crippen LogP contribution in [0, 0.1) is 5.82 Å². The maximum absolute atomic E-state index is 12.9. The van der Waals surface area contributed by atoms with E-state index in [1.54, 1.807) is 18.5 Å². The van der Waals surface area contributed by atoms with E-state index >= 15 is 0 Å². The molecule has 1 atom stereocenters. The zero-order chi connectivity index (χ0) is 16.2. The Hall–Kier alpha value is -2.44. The summed E-state index contributed by atoms with van der Waals surface area (Å²) in [4.78, 5) is 18.1. The molecule has 1 aliphatic heterocycles. The third-order valence-electron chi connectivity index (χ3n) is 4.27.